The number of para-hydroxylation sites is 1. The van der Waals surface area contributed by atoms with E-state index in [1.807, 2.05) is 38.1 Å². The number of nitrogens with zero attached hydrogens (tertiary/aromatic N) is 2. The molecule has 1 amide bonds. The highest BCUT2D eigenvalue weighted by molar-refractivity contribution is 7.15. The smallest absolute Gasteiger partial charge is 0.258 e. The largest absolute Gasteiger partial charge is 0.298 e. The normalized spacial score (nSPS) is 10.7. The van der Waals surface area contributed by atoms with E-state index in [1.165, 1.54) is 11.3 Å². The molecule has 0 fully saturated rings. The summed E-state index contributed by atoms with van der Waals surface area (Å²) < 4.78 is 0. The highest BCUT2D eigenvalue weighted by Crippen LogP contribution is 2.23. The Labute approximate surface area is 120 Å². The molecule has 0 atom stereocenters. The second-order valence-electron chi connectivity index (χ2n) is 4.49. The molecule has 4 nitrogen and oxygen atoms in total. The van der Waals surface area contributed by atoms with Crippen molar-refractivity contribution in [1.82, 2.24) is 9.97 Å². The molecule has 0 aliphatic carbocycles. The molecule has 1 N–H and O–H groups in total. The van der Waals surface area contributed by atoms with Gasteiger partial charge < -0.3 is 0 Å². The van der Waals surface area contributed by atoms with Gasteiger partial charge >= 0.3 is 0 Å². The predicted molar refractivity (Wildman–Crippen MR) is 81.3 cm³/mol. The summed E-state index contributed by atoms with van der Waals surface area (Å²) in [6, 6.07) is 9.33. The number of hydrogen-bond acceptors (Lipinski definition) is 4. The van der Waals surface area contributed by atoms with E-state index < -0.39 is 0 Å². The van der Waals surface area contributed by atoms with Crippen LogP contribution in [0.2, 0.25) is 0 Å². The van der Waals surface area contributed by atoms with Gasteiger partial charge in [-0.05, 0) is 26.0 Å². The molecule has 20 heavy (non-hydrogen) atoms. The lowest BCUT2D eigenvalue weighted by atomic mass is 10.1. The van der Waals surface area contributed by atoms with Crippen LogP contribution in [0.1, 0.15) is 20.9 Å². The molecule has 1 aromatic carbocycles. The standard InChI is InChI=1S/C15H13N3OS/c1-9-10(2)20-15(17-9)18-14(19)12-7-8-16-13-6-4-3-5-11(12)13/h3-8H,1-2H3,(H,17,18,19). The van der Waals surface area contributed by atoms with Crippen LogP contribution in [0.5, 0.6) is 0 Å². The first-order valence-electron chi connectivity index (χ1n) is 6.24. The van der Waals surface area contributed by atoms with Crippen LogP contribution in [-0.2, 0) is 0 Å². The van der Waals surface area contributed by atoms with E-state index in [1.54, 1.807) is 12.3 Å². The van der Waals surface area contributed by atoms with Crippen LogP contribution in [0, 0.1) is 13.8 Å². The van der Waals surface area contributed by atoms with Crippen molar-refractivity contribution in [3.8, 4) is 0 Å². The van der Waals surface area contributed by atoms with Crippen molar-refractivity contribution in [2.24, 2.45) is 0 Å². The third-order valence-corrected chi connectivity index (χ3v) is 4.13. The molecule has 0 spiro atoms. The van der Waals surface area contributed by atoms with Gasteiger partial charge in [-0.25, -0.2) is 4.98 Å². The second kappa shape index (κ2) is 5.02. The van der Waals surface area contributed by atoms with Gasteiger partial charge in [0, 0.05) is 16.5 Å². The number of rotatable bonds is 2. The quantitative estimate of drug-likeness (QED) is 0.782. The minimum Gasteiger partial charge on any atom is -0.298 e. The molecule has 3 rings (SSSR count). The summed E-state index contributed by atoms with van der Waals surface area (Å²) in [5.74, 6) is -0.155. The van der Waals surface area contributed by atoms with E-state index in [2.05, 4.69) is 15.3 Å². The Hall–Kier alpha value is -2.27. The van der Waals surface area contributed by atoms with Gasteiger partial charge in [0.05, 0.1) is 16.8 Å². The average Bonchev–Trinajstić information content (AvgIpc) is 2.76. The Morgan fingerprint density at radius 2 is 2.00 bits per heavy atom. The molecule has 100 valence electrons. The first-order valence-corrected chi connectivity index (χ1v) is 7.06. The fraction of sp³-hybridized carbons (Fsp3) is 0.133. The van der Waals surface area contributed by atoms with Crippen LogP contribution in [0.15, 0.2) is 36.5 Å². The molecule has 2 heterocycles. The summed E-state index contributed by atoms with van der Waals surface area (Å²) in [6.07, 6.45) is 1.65. The number of pyridine rings is 1. The van der Waals surface area contributed by atoms with Gasteiger partial charge in [-0.1, -0.05) is 18.2 Å². The summed E-state index contributed by atoms with van der Waals surface area (Å²) in [5, 5.41) is 4.33. The number of nitrogens with one attached hydrogen (secondary N) is 1. The van der Waals surface area contributed by atoms with Crippen molar-refractivity contribution >= 4 is 33.3 Å². The maximum Gasteiger partial charge on any atom is 0.258 e. The number of amides is 1. The molecule has 0 bridgehead atoms. The van der Waals surface area contributed by atoms with Crippen molar-refractivity contribution < 1.29 is 4.79 Å². The van der Waals surface area contributed by atoms with E-state index in [-0.39, 0.29) is 5.91 Å². The molecular formula is C15H13N3OS. The van der Waals surface area contributed by atoms with Crippen molar-refractivity contribution in [1.29, 1.82) is 0 Å². The van der Waals surface area contributed by atoms with Gasteiger partial charge in [0.1, 0.15) is 0 Å². The Balaban J connectivity index is 1.96. The third-order valence-electron chi connectivity index (χ3n) is 3.14. The van der Waals surface area contributed by atoms with E-state index >= 15 is 0 Å². The molecule has 0 saturated heterocycles. The number of carbonyl (C=O) groups is 1. The minimum absolute atomic E-state index is 0.155. The van der Waals surface area contributed by atoms with Crippen molar-refractivity contribution in [2.75, 3.05) is 5.32 Å². The SMILES string of the molecule is Cc1nc(NC(=O)c2ccnc3ccccc23)sc1C. The Kier molecular flexibility index (Phi) is 3.20. The van der Waals surface area contributed by atoms with Crippen LogP contribution >= 0.6 is 11.3 Å². The summed E-state index contributed by atoms with van der Waals surface area (Å²) in [7, 11) is 0. The van der Waals surface area contributed by atoms with Crippen molar-refractivity contribution in [3.05, 3.63) is 52.7 Å². The van der Waals surface area contributed by atoms with E-state index in [0.717, 1.165) is 21.5 Å². The Bertz CT molecular complexity index is 770. The highest BCUT2D eigenvalue weighted by atomic mass is 32.1. The van der Waals surface area contributed by atoms with Crippen molar-refractivity contribution in [2.45, 2.75) is 13.8 Å². The summed E-state index contributed by atoms with van der Waals surface area (Å²) in [6.45, 7) is 3.92. The topological polar surface area (TPSA) is 54.9 Å². The van der Waals surface area contributed by atoms with E-state index in [9.17, 15) is 4.79 Å². The fourth-order valence-electron chi connectivity index (χ4n) is 1.98. The van der Waals surface area contributed by atoms with Gasteiger partial charge in [0.25, 0.3) is 5.91 Å². The van der Waals surface area contributed by atoms with Crippen LogP contribution in [0.25, 0.3) is 10.9 Å². The zero-order chi connectivity index (χ0) is 14.1. The van der Waals surface area contributed by atoms with Crippen LogP contribution < -0.4 is 5.32 Å². The van der Waals surface area contributed by atoms with Gasteiger partial charge in [-0.2, -0.15) is 0 Å². The number of aromatic nitrogens is 2. The van der Waals surface area contributed by atoms with Crippen LogP contribution in [0.4, 0.5) is 5.13 Å². The van der Waals surface area contributed by atoms with Gasteiger partial charge in [0.2, 0.25) is 0 Å². The zero-order valence-electron chi connectivity index (χ0n) is 11.2. The van der Waals surface area contributed by atoms with Gasteiger partial charge in [-0.3, -0.25) is 15.1 Å². The number of fused-ring (bicyclic) bond motifs is 1. The summed E-state index contributed by atoms with van der Waals surface area (Å²) in [5.41, 5.74) is 2.37. The fourth-order valence-corrected chi connectivity index (χ4v) is 2.79. The maximum absolute atomic E-state index is 12.4. The molecule has 0 unspecified atom stereocenters. The predicted octanol–water partition coefficient (Wildman–Crippen LogP) is 3.56. The first-order chi connectivity index (χ1) is 9.65. The lowest BCUT2D eigenvalue weighted by Gasteiger charge is -2.05. The summed E-state index contributed by atoms with van der Waals surface area (Å²) >= 11 is 1.48. The van der Waals surface area contributed by atoms with E-state index in [4.69, 9.17) is 0 Å². The second-order valence-corrected chi connectivity index (χ2v) is 5.69. The number of benzene rings is 1. The Morgan fingerprint density at radius 1 is 1.20 bits per heavy atom. The minimum atomic E-state index is -0.155. The highest BCUT2D eigenvalue weighted by Gasteiger charge is 2.12. The molecule has 0 radical (unpaired) electrons. The maximum atomic E-state index is 12.4. The zero-order valence-corrected chi connectivity index (χ0v) is 12.0. The molecule has 0 aliphatic heterocycles. The first kappa shape index (κ1) is 12.7. The number of aryl methyl sites for hydroxylation is 2. The molecular weight excluding hydrogens is 270 g/mol. The number of carbonyl (C=O) groups excluding carboxylic acids is 1. The molecule has 2 aromatic heterocycles. The lowest BCUT2D eigenvalue weighted by molar-refractivity contribution is 0.102. The van der Waals surface area contributed by atoms with Gasteiger partial charge in [-0.15, -0.1) is 11.3 Å². The lowest BCUT2D eigenvalue weighted by Crippen LogP contribution is -2.12. The average molecular weight is 283 g/mol. The van der Waals surface area contributed by atoms with Crippen LogP contribution in [-0.4, -0.2) is 15.9 Å². The summed E-state index contributed by atoms with van der Waals surface area (Å²) in [4.78, 5) is 22.1. The van der Waals surface area contributed by atoms with E-state index in [0.29, 0.717) is 10.7 Å². The number of hydrogen-bond donors (Lipinski definition) is 1. The molecule has 5 heteroatoms. The third kappa shape index (κ3) is 2.28. The van der Waals surface area contributed by atoms with Crippen LogP contribution in [0.3, 0.4) is 0 Å². The molecule has 0 aliphatic rings. The van der Waals surface area contributed by atoms with Crippen molar-refractivity contribution in [3.63, 3.8) is 0 Å². The molecule has 3 aromatic rings. The number of thiazole rings is 1. The molecule has 0 saturated carbocycles. The number of anilines is 1. The van der Waals surface area contributed by atoms with Gasteiger partial charge in [0.15, 0.2) is 5.13 Å². The Morgan fingerprint density at radius 3 is 2.75 bits per heavy atom. The monoisotopic (exact) mass is 283 g/mol.